The summed E-state index contributed by atoms with van der Waals surface area (Å²) < 4.78 is 3.85. The van der Waals surface area contributed by atoms with Crippen LogP contribution < -0.4 is 17.0 Å². The lowest BCUT2D eigenvalue weighted by atomic mass is 10.1. The van der Waals surface area contributed by atoms with E-state index in [1.165, 1.54) is 37.2 Å². The van der Waals surface area contributed by atoms with Crippen molar-refractivity contribution in [3.63, 3.8) is 0 Å². The second-order valence-corrected chi connectivity index (χ2v) is 9.30. The number of para-hydroxylation sites is 1. The van der Waals surface area contributed by atoms with Gasteiger partial charge in [0.1, 0.15) is 11.4 Å². The smallest absolute Gasteiger partial charge is 0.332 e. The van der Waals surface area contributed by atoms with Crippen LogP contribution in [0, 0.1) is 0 Å². The first-order valence-electron chi connectivity index (χ1n) is 9.62. The third-order valence-corrected chi connectivity index (χ3v) is 6.91. The van der Waals surface area contributed by atoms with Gasteiger partial charge in [-0.05, 0) is 30.5 Å². The molecule has 11 heteroatoms. The maximum atomic E-state index is 13.2. The van der Waals surface area contributed by atoms with E-state index in [1.54, 1.807) is 6.92 Å². The van der Waals surface area contributed by atoms with Gasteiger partial charge in [0.05, 0.1) is 10.1 Å². The number of thioether (sulfide) groups is 1. The number of hydrogen-bond acceptors (Lipinski definition) is 8. The molecule has 0 saturated heterocycles. The quantitative estimate of drug-likeness (QED) is 0.341. The van der Waals surface area contributed by atoms with Gasteiger partial charge in [-0.3, -0.25) is 23.3 Å². The lowest BCUT2D eigenvalue weighted by Gasteiger charge is -2.15. The van der Waals surface area contributed by atoms with Crippen LogP contribution in [0.15, 0.2) is 62.6 Å². The van der Waals surface area contributed by atoms with Crippen LogP contribution in [0.3, 0.4) is 0 Å². The highest BCUT2D eigenvalue weighted by molar-refractivity contribution is 8.00. The molecule has 4 rings (SSSR count). The fourth-order valence-electron chi connectivity index (χ4n) is 3.23. The Morgan fingerprint density at radius 3 is 2.44 bits per heavy atom. The van der Waals surface area contributed by atoms with Crippen molar-refractivity contribution < 1.29 is 4.79 Å². The Kier molecular flexibility index (Phi) is 5.85. The number of nitrogen functional groups attached to an aromatic ring is 1. The summed E-state index contributed by atoms with van der Waals surface area (Å²) in [6.07, 6.45) is 0. The number of aromatic nitrogens is 5. The molecular formula is C21H20N6O3S2. The van der Waals surface area contributed by atoms with Gasteiger partial charge in [0.15, 0.2) is 16.8 Å². The van der Waals surface area contributed by atoms with Gasteiger partial charge in [-0.1, -0.05) is 36.0 Å². The molecule has 0 amide bonds. The molecule has 2 N–H and O–H groups in total. The molecule has 3 heterocycles. The fourth-order valence-corrected chi connectivity index (χ4v) is 4.85. The summed E-state index contributed by atoms with van der Waals surface area (Å²) in [6.45, 7) is 1.67. The van der Waals surface area contributed by atoms with E-state index in [-0.39, 0.29) is 11.4 Å². The first kappa shape index (κ1) is 21.8. The topological polar surface area (TPSA) is 118 Å². The minimum absolute atomic E-state index is 0.153. The molecule has 0 fully saturated rings. The summed E-state index contributed by atoms with van der Waals surface area (Å²) in [5, 5.41) is 10.4. The highest BCUT2D eigenvalue weighted by Gasteiger charge is 2.28. The number of nitrogens with two attached hydrogens (primary N) is 1. The number of Topliss-reactive ketones (excluding diaryl/α,β-unsaturated/α-hetero) is 1. The van der Waals surface area contributed by atoms with Gasteiger partial charge in [-0.25, -0.2) is 4.79 Å². The molecule has 32 heavy (non-hydrogen) atoms. The van der Waals surface area contributed by atoms with E-state index in [0.29, 0.717) is 11.0 Å². The normalized spacial score (nSPS) is 12.1. The zero-order valence-corrected chi connectivity index (χ0v) is 19.2. The lowest BCUT2D eigenvalue weighted by molar-refractivity contribution is 0.0992. The maximum Gasteiger partial charge on any atom is 0.332 e. The predicted molar refractivity (Wildman–Crippen MR) is 126 cm³/mol. The van der Waals surface area contributed by atoms with Crippen molar-refractivity contribution in [2.45, 2.75) is 17.3 Å². The van der Waals surface area contributed by atoms with Crippen LogP contribution in [-0.4, -0.2) is 34.9 Å². The Morgan fingerprint density at radius 1 is 1.06 bits per heavy atom. The third kappa shape index (κ3) is 3.69. The van der Waals surface area contributed by atoms with Crippen molar-refractivity contribution in [3.8, 4) is 16.4 Å². The Morgan fingerprint density at radius 2 is 1.78 bits per heavy atom. The molecule has 0 saturated carbocycles. The number of ketones is 1. The zero-order chi connectivity index (χ0) is 23.0. The molecule has 0 bridgehead atoms. The number of benzene rings is 1. The lowest BCUT2D eigenvalue weighted by Crippen LogP contribution is -2.42. The Labute approximate surface area is 191 Å². The molecule has 9 nitrogen and oxygen atoms in total. The Balaban J connectivity index is 1.75. The minimum Gasteiger partial charge on any atom is -0.384 e. The Hall–Kier alpha value is -3.44. The number of rotatable bonds is 6. The highest BCUT2D eigenvalue weighted by atomic mass is 32.2. The van der Waals surface area contributed by atoms with Crippen molar-refractivity contribution in [1.82, 2.24) is 23.9 Å². The van der Waals surface area contributed by atoms with Gasteiger partial charge < -0.3 is 5.73 Å². The minimum atomic E-state index is -0.716. The molecule has 0 unspecified atom stereocenters. The van der Waals surface area contributed by atoms with E-state index in [1.807, 2.05) is 52.4 Å². The predicted octanol–water partition coefficient (Wildman–Crippen LogP) is 2.34. The van der Waals surface area contributed by atoms with E-state index < -0.39 is 22.3 Å². The molecule has 164 valence electrons. The average Bonchev–Trinajstić information content (AvgIpc) is 3.47. The van der Waals surface area contributed by atoms with Crippen molar-refractivity contribution in [2.24, 2.45) is 14.1 Å². The molecule has 0 radical (unpaired) electrons. The number of nitrogens with zero attached hydrogens (tertiary/aromatic N) is 5. The van der Waals surface area contributed by atoms with Crippen molar-refractivity contribution >= 4 is 34.7 Å². The van der Waals surface area contributed by atoms with E-state index >= 15 is 0 Å². The first-order valence-corrected chi connectivity index (χ1v) is 11.4. The summed E-state index contributed by atoms with van der Waals surface area (Å²) in [5.41, 5.74) is 5.30. The van der Waals surface area contributed by atoms with Crippen molar-refractivity contribution in [3.05, 3.63) is 74.2 Å². The van der Waals surface area contributed by atoms with Crippen LogP contribution in [0.1, 0.15) is 17.3 Å². The highest BCUT2D eigenvalue weighted by Crippen LogP contribution is 2.32. The summed E-state index contributed by atoms with van der Waals surface area (Å²) in [5.74, 6) is 0.0224. The van der Waals surface area contributed by atoms with Gasteiger partial charge in [0, 0.05) is 19.8 Å². The van der Waals surface area contributed by atoms with Gasteiger partial charge in [0.2, 0.25) is 0 Å². The third-order valence-electron chi connectivity index (χ3n) is 5.00. The second kappa shape index (κ2) is 8.60. The van der Waals surface area contributed by atoms with Crippen LogP contribution >= 0.6 is 23.1 Å². The molecule has 0 aliphatic rings. The molecule has 0 spiro atoms. The molecule has 4 aromatic rings. The van der Waals surface area contributed by atoms with Gasteiger partial charge in [-0.15, -0.1) is 21.5 Å². The SMILES string of the molecule is C[C@H](Sc1nnc(-c2cccs2)n1-c1ccccc1)C(=O)c1c(N)n(C)c(=O)n(C)c1=O. The summed E-state index contributed by atoms with van der Waals surface area (Å²) in [4.78, 5) is 38.8. The molecule has 1 atom stereocenters. The van der Waals surface area contributed by atoms with Crippen molar-refractivity contribution in [2.75, 3.05) is 5.73 Å². The second-order valence-electron chi connectivity index (χ2n) is 7.04. The van der Waals surface area contributed by atoms with Gasteiger partial charge in [-0.2, -0.15) is 0 Å². The molecular weight excluding hydrogens is 448 g/mol. The van der Waals surface area contributed by atoms with Crippen LogP contribution in [0.5, 0.6) is 0 Å². The number of hydrogen-bond donors (Lipinski definition) is 1. The van der Waals surface area contributed by atoms with Gasteiger partial charge >= 0.3 is 5.69 Å². The van der Waals surface area contributed by atoms with Crippen LogP contribution in [-0.2, 0) is 14.1 Å². The number of anilines is 1. The maximum absolute atomic E-state index is 13.2. The summed E-state index contributed by atoms with van der Waals surface area (Å²) in [6, 6.07) is 13.5. The summed E-state index contributed by atoms with van der Waals surface area (Å²) >= 11 is 2.71. The first-order chi connectivity index (χ1) is 15.3. The number of thiophene rings is 1. The van der Waals surface area contributed by atoms with Crippen LogP contribution in [0.2, 0.25) is 0 Å². The number of carbonyl (C=O) groups is 1. The van der Waals surface area contributed by atoms with Gasteiger partial charge in [0.25, 0.3) is 5.56 Å². The van der Waals surface area contributed by atoms with Crippen LogP contribution in [0.4, 0.5) is 5.82 Å². The van der Waals surface area contributed by atoms with E-state index in [9.17, 15) is 14.4 Å². The largest absolute Gasteiger partial charge is 0.384 e. The van der Waals surface area contributed by atoms with E-state index in [0.717, 1.165) is 19.7 Å². The zero-order valence-electron chi connectivity index (χ0n) is 17.6. The van der Waals surface area contributed by atoms with E-state index in [2.05, 4.69) is 10.2 Å². The van der Waals surface area contributed by atoms with Crippen LogP contribution in [0.25, 0.3) is 16.4 Å². The molecule has 1 aromatic carbocycles. The standard InChI is InChI=1S/C21H20N6O3S2/c1-12(16(28)15-17(22)25(2)21(30)26(3)19(15)29)32-20-24-23-18(14-10-7-11-31-14)27(20)13-8-5-4-6-9-13/h4-12H,22H2,1-3H3/t12-/m0/s1. The van der Waals surface area contributed by atoms with E-state index in [4.69, 9.17) is 5.73 Å². The average molecular weight is 469 g/mol. The molecule has 0 aliphatic carbocycles. The fraction of sp³-hybridized carbons (Fsp3) is 0.190. The van der Waals surface area contributed by atoms with Crippen molar-refractivity contribution in [1.29, 1.82) is 0 Å². The molecule has 0 aliphatic heterocycles. The molecule has 3 aromatic heterocycles. The number of carbonyl (C=O) groups excluding carboxylic acids is 1. The Bertz CT molecular complexity index is 1400. The monoisotopic (exact) mass is 468 g/mol. The summed E-state index contributed by atoms with van der Waals surface area (Å²) in [7, 11) is 2.74.